The van der Waals surface area contributed by atoms with Crippen molar-refractivity contribution in [1.82, 2.24) is 29.4 Å². The van der Waals surface area contributed by atoms with Gasteiger partial charge in [0.25, 0.3) is 0 Å². The maximum Gasteiger partial charge on any atom is 0.241 e. The largest absolute Gasteiger partial charge is 0.493 e. The first-order valence-electron chi connectivity index (χ1n) is 23.3. The Hall–Kier alpha value is -6.34. The van der Waals surface area contributed by atoms with Crippen molar-refractivity contribution in [2.24, 2.45) is 11.5 Å². The van der Waals surface area contributed by atoms with E-state index < -0.39 is 12.1 Å². The van der Waals surface area contributed by atoms with E-state index in [1.807, 2.05) is 92.0 Å². The van der Waals surface area contributed by atoms with Crippen LogP contribution >= 0.6 is 21.6 Å². The number of fused-ring (bicyclic) bond motifs is 2. The molecule has 0 radical (unpaired) electrons. The number of carbonyl (C=O) groups is 2. The van der Waals surface area contributed by atoms with E-state index in [4.69, 9.17) is 50.1 Å². The molecule has 4 atom stereocenters. The van der Waals surface area contributed by atoms with E-state index in [-0.39, 0.29) is 23.9 Å². The number of aryl methyl sites for hydroxylation is 2. The molecule has 8 rings (SSSR count). The summed E-state index contributed by atoms with van der Waals surface area (Å²) in [6, 6.07) is 30.0. The Morgan fingerprint density at radius 3 is 1.23 bits per heavy atom. The second-order valence-electron chi connectivity index (χ2n) is 17.1. The Kier molecular flexibility index (Phi) is 16.5. The molecule has 2 amide bonds. The Bertz CT molecular complexity index is 2500. The Morgan fingerprint density at radius 1 is 0.543 bits per heavy atom. The highest BCUT2D eigenvalue weighted by Gasteiger charge is 2.37. The number of hydrogen-bond donors (Lipinski definition) is 2. The smallest absolute Gasteiger partial charge is 0.241 e. The predicted octanol–water partition coefficient (Wildman–Crippen LogP) is 7.23. The van der Waals surface area contributed by atoms with Crippen LogP contribution in [0.25, 0.3) is 22.5 Å². The number of aromatic nitrogens is 4. The van der Waals surface area contributed by atoms with Crippen molar-refractivity contribution < 1.29 is 38.0 Å². The first kappa shape index (κ1) is 50.1. The average molecular weight is 991 g/mol. The molecule has 2 unspecified atom stereocenters. The first-order valence-corrected chi connectivity index (χ1v) is 25.8. The van der Waals surface area contributed by atoms with Gasteiger partial charge in [-0.2, -0.15) is 10.2 Å². The Morgan fingerprint density at radius 2 is 0.900 bits per heavy atom. The minimum atomic E-state index is -0.780. The molecule has 2 aliphatic rings. The number of rotatable bonds is 21. The van der Waals surface area contributed by atoms with Crippen LogP contribution in [-0.2, 0) is 35.5 Å². The standard InChI is InChI=1S/C52H62N8O8S2/c1-63-45-25-35(26-46(64-2)49(45)67-5)39-29-43-41(19-17-33-13-9-7-10-14-33)57(21-23-59(43)55-39)51(61)37(53)31-69-70-32-38(54)52(62)58-22-24-60-44(42(58)20-18-34-15-11-8-12-16-34)30-40(56-60)36-27-47(65-3)50(68-6)48(28-36)66-4/h7-16,25-30,37-38,41-42H,17-24,31-32,53-54H2,1-6H3/t37-,38-,41?,42?/m0/s1. The monoisotopic (exact) mass is 990 g/mol. The van der Waals surface area contributed by atoms with Gasteiger partial charge in [-0.25, -0.2) is 0 Å². The van der Waals surface area contributed by atoms with Gasteiger partial charge in [0.2, 0.25) is 23.3 Å². The van der Waals surface area contributed by atoms with Gasteiger partial charge in [0, 0.05) is 35.7 Å². The van der Waals surface area contributed by atoms with Crippen LogP contribution in [0.3, 0.4) is 0 Å². The van der Waals surface area contributed by atoms with Gasteiger partial charge in [0.1, 0.15) is 0 Å². The summed E-state index contributed by atoms with van der Waals surface area (Å²) in [4.78, 5) is 32.5. The highest BCUT2D eigenvalue weighted by Crippen LogP contribution is 2.44. The predicted molar refractivity (Wildman–Crippen MR) is 274 cm³/mol. The van der Waals surface area contributed by atoms with Crippen LogP contribution in [0.4, 0.5) is 0 Å². The quantitative estimate of drug-likeness (QED) is 0.0544. The third-order valence-corrected chi connectivity index (χ3v) is 15.4. The number of hydrogen-bond acceptors (Lipinski definition) is 14. The van der Waals surface area contributed by atoms with Crippen LogP contribution in [-0.4, -0.2) is 121 Å². The first-order chi connectivity index (χ1) is 34.1. The van der Waals surface area contributed by atoms with E-state index in [9.17, 15) is 9.59 Å². The zero-order valence-electron chi connectivity index (χ0n) is 40.5. The van der Waals surface area contributed by atoms with Crippen LogP contribution in [0.5, 0.6) is 34.5 Å². The highest BCUT2D eigenvalue weighted by atomic mass is 33.1. The van der Waals surface area contributed by atoms with Crippen molar-refractivity contribution in [1.29, 1.82) is 0 Å². The topological polar surface area (TPSA) is 184 Å². The summed E-state index contributed by atoms with van der Waals surface area (Å²) in [5.41, 5.74) is 20.7. The van der Waals surface area contributed by atoms with Crippen molar-refractivity contribution in [2.45, 2.75) is 62.9 Å². The Labute approximate surface area is 417 Å². The molecule has 0 saturated carbocycles. The Balaban J connectivity index is 0.938. The summed E-state index contributed by atoms with van der Waals surface area (Å²) in [7, 11) is 12.4. The minimum absolute atomic E-state index is 0.134. The maximum absolute atomic E-state index is 14.4. The van der Waals surface area contributed by atoms with E-state index >= 15 is 0 Å². The molecule has 4 N–H and O–H groups in total. The third kappa shape index (κ3) is 10.8. The summed E-state index contributed by atoms with van der Waals surface area (Å²) < 4.78 is 37.7. The molecule has 0 saturated heterocycles. The van der Waals surface area contributed by atoms with E-state index in [1.54, 1.807) is 42.7 Å². The fraction of sp³-hybridized carbons (Fsp3) is 0.385. The lowest BCUT2D eigenvalue weighted by molar-refractivity contribution is -0.136. The van der Waals surface area contributed by atoms with Gasteiger partial charge < -0.3 is 49.7 Å². The van der Waals surface area contributed by atoms with Gasteiger partial charge in [-0.05, 0) is 73.2 Å². The van der Waals surface area contributed by atoms with Gasteiger partial charge in [-0.1, -0.05) is 82.3 Å². The molecule has 0 spiro atoms. The fourth-order valence-electron chi connectivity index (χ4n) is 9.38. The zero-order valence-corrected chi connectivity index (χ0v) is 42.2. The molecule has 0 bridgehead atoms. The lowest BCUT2D eigenvalue weighted by Gasteiger charge is -2.38. The molecule has 0 fully saturated rings. The lowest BCUT2D eigenvalue weighted by atomic mass is 9.98. The van der Waals surface area contributed by atoms with Crippen molar-refractivity contribution >= 4 is 33.4 Å². The number of benzene rings is 4. The summed E-state index contributed by atoms with van der Waals surface area (Å²) in [5, 5.41) is 9.99. The van der Waals surface area contributed by atoms with Crippen molar-refractivity contribution in [3.63, 3.8) is 0 Å². The number of nitrogens with two attached hydrogens (primary N) is 2. The van der Waals surface area contributed by atoms with E-state index in [0.717, 1.165) is 46.7 Å². The maximum atomic E-state index is 14.4. The number of nitrogens with zero attached hydrogens (tertiary/aromatic N) is 6. The van der Waals surface area contributed by atoms with Gasteiger partial charge in [-0.15, -0.1) is 0 Å². The van der Waals surface area contributed by atoms with Crippen LogP contribution < -0.4 is 39.9 Å². The van der Waals surface area contributed by atoms with Gasteiger partial charge in [0.15, 0.2) is 23.0 Å². The molecular formula is C52H62N8O8S2. The number of methoxy groups -OCH3 is 6. The van der Waals surface area contributed by atoms with Crippen LogP contribution in [0, 0.1) is 0 Å². The molecule has 16 nitrogen and oxygen atoms in total. The second-order valence-corrected chi connectivity index (χ2v) is 19.7. The molecule has 6 aromatic rings. The normalized spacial score (nSPS) is 16.2. The molecule has 370 valence electrons. The van der Waals surface area contributed by atoms with E-state index in [0.29, 0.717) is 85.0 Å². The van der Waals surface area contributed by atoms with Gasteiger partial charge in [0.05, 0.1) is 103 Å². The summed E-state index contributed by atoms with van der Waals surface area (Å²) in [5.74, 6) is 3.52. The van der Waals surface area contributed by atoms with Crippen molar-refractivity contribution in [3.05, 3.63) is 120 Å². The van der Waals surface area contributed by atoms with Gasteiger partial charge in [-0.3, -0.25) is 19.0 Å². The number of carbonyl (C=O) groups excluding carboxylic acids is 2. The third-order valence-electron chi connectivity index (χ3n) is 13.0. The lowest BCUT2D eigenvalue weighted by Crippen LogP contribution is -2.50. The molecule has 4 heterocycles. The van der Waals surface area contributed by atoms with Crippen molar-refractivity contribution in [3.8, 4) is 57.0 Å². The molecule has 18 heteroatoms. The summed E-state index contributed by atoms with van der Waals surface area (Å²) >= 11 is 0. The molecule has 70 heavy (non-hydrogen) atoms. The molecule has 0 aliphatic carbocycles. The molecular weight excluding hydrogens is 929 g/mol. The average Bonchev–Trinajstić information content (AvgIpc) is 4.05. The van der Waals surface area contributed by atoms with E-state index in [1.165, 1.54) is 32.7 Å². The molecule has 2 aliphatic heterocycles. The number of ether oxygens (including phenoxy) is 6. The highest BCUT2D eigenvalue weighted by molar-refractivity contribution is 8.76. The summed E-state index contributed by atoms with van der Waals surface area (Å²) in [6.45, 7) is 1.93. The summed E-state index contributed by atoms with van der Waals surface area (Å²) in [6.07, 6.45) is 2.87. The molecule has 2 aromatic heterocycles. The molecule has 4 aromatic carbocycles. The van der Waals surface area contributed by atoms with Crippen LogP contribution in [0.2, 0.25) is 0 Å². The van der Waals surface area contributed by atoms with Gasteiger partial charge >= 0.3 is 0 Å². The SMILES string of the molecule is COc1cc(-c2cc3n(n2)CCN(C(=O)[C@@H](N)CSSC[C@H](N)C(=O)N2CCn4nc(-c5cc(OC)c(OC)c(OC)c5)cc4C2CCc2ccccc2)C3CCc2ccccc2)cc(OC)c1OC. The van der Waals surface area contributed by atoms with Crippen LogP contribution in [0.15, 0.2) is 97.1 Å². The number of amides is 2. The second kappa shape index (κ2) is 23.1. The minimum Gasteiger partial charge on any atom is -0.493 e. The van der Waals surface area contributed by atoms with Crippen LogP contribution in [0.1, 0.15) is 47.4 Å². The van der Waals surface area contributed by atoms with Crippen molar-refractivity contribution in [2.75, 3.05) is 67.3 Å². The fourth-order valence-corrected chi connectivity index (χ4v) is 11.6. The zero-order chi connectivity index (χ0) is 49.3. The van der Waals surface area contributed by atoms with E-state index in [2.05, 4.69) is 24.3 Å².